The first-order valence-electron chi connectivity index (χ1n) is 7.98. The second-order valence-electron chi connectivity index (χ2n) is 5.28. The van der Waals surface area contributed by atoms with E-state index < -0.39 is 0 Å². The lowest BCUT2D eigenvalue weighted by Crippen LogP contribution is -2.26. The van der Waals surface area contributed by atoms with Crippen LogP contribution >= 0.6 is 0 Å². The predicted octanol–water partition coefficient (Wildman–Crippen LogP) is 1.84. The van der Waals surface area contributed by atoms with Gasteiger partial charge >= 0.3 is 0 Å². The number of aromatic nitrogens is 2. The number of rotatable bonds is 10. The Balaban J connectivity index is 1.89. The van der Waals surface area contributed by atoms with Gasteiger partial charge in [-0.05, 0) is 24.6 Å². The molecule has 0 unspecified atom stereocenters. The Morgan fingerprint density at radius 3 is 2.72 bits per heavy atom. The molecule has 0 saturated heterocycles. The van der Waals surface area contributed by atoms with Crippen molar-refractivity contribution < 1.29 is 23.5 Å². The normalized spacial score (nSPS) is 10.5. The summed E-state index contributed by atoms with van der Waals surface area (Å²) < 4.78 is 20.6. The molecule has 0 saturated carbocycles. The van der Waals surface area contributed by atoms with Crippen LogP contribution in [-0.4, -0.2) is 50.5 Å². The van der Waals surface area contributed by atoms with Gasteiger partial charge in [0.05, 0.1) is 20.8 Å². The molecule has 1 N–H and O–H groups in total. The van der Waals surface area contributed by atoms with Crippen LogP contribution in [0.2, 0.25) is 0 Å². The highest BCUT2D eigenvalue weighted by Crippen LogP contribution is 2.31. The Hall–Kier alpha value is -2.61. The zero-order chi connectivity index (χ0) is 18.1. The molecule has 2 rings (SSSR count). The lowest BCUT2D eigenvalue weighted by molar-refractivity contribution is -0.121. The van der Waals surface area contributed by atoms with Gasteiger partial charge in [-0.1, -0.05) is 5.16 Å². The highest BCUT2D eigenvalue weighted by molar-refractivity contribution is 5.75. The van der Waals surface area contributed by atoms with E-state index >= 15 is 0 Å². The molecule has 1 aromatic carbocycles. The Morgan fingerprint density at radius 2 is 2.00 bits per heavy atom. The first-order valence-corrected chi connectivity index (χ1v) is 7.98. The van der Waals surface area contributed by atoms with Crippen molar-refractivity contribution in [2.24, 2.45) is 0 Å². The van der Waals surface area contributed by atoms with E-state index in [0.29, 0.717) is 55.6 Å². The molecule has 1 aromatic heterocycles. The zero-order valence-corrected chi connectivity index (χ0v) is 14.7. The fourth-order valence-electron chi connectivity index (χ4n) is 2.23. The summed E-state index contributed by atoms with van der Waals surface area (Å²) >= 11 is 0. The number of nitrogens with zero attached hydrogens (tertiary/aromatic N) is 2. The molecule has 0 fully saturated rings. The van der Waals surface area contributed by atoms with Crippen molar-refractivity contribution in [1.82, 2.24) is 15.5 Å². The lowest BCUT2D eigenvalue weighted by atomic mass is 10.2. The molecule has 0 aliphatic rings. The Labute approximate surface area is 146 Å². The quantitative estimate of drug-likeness (QED) is 0.654. The van der Waals surface area contributed by atoms with E-state index in [1.54, 1.807) is 33.5 Å². The molecule has 0 bridgehead atoms. The fraction of sp³-hybridized carbons (Fsp3) is 0.471. The first kappa shape index (κ1) is 18.7. The Bertz CT molecular complexity index is 687. The summed E-state index contributed by atoms with van der Waals surface area (Å²) in [6, 6.07) is 5.41. The van der Waals surface area contributed by atoms with Crippen molar-refractivity contribution in [1.29, 1.82) is 0 Å². The van der Waals surface area contributed by atoms with Gasteiger partial charge < -0.3 is 24.1 Å². The third-order valence-electron chi connectivity index (χ3n) is 3.53. The number of nitrogens with one attached hydrogen (secondary N) is 1. The molecule has 0 radical (unpaired) electrons. The lowest BCUT2D eigenvalue weighted by Gasteiger charge is -2.07. The van der Waals surface area contributed by atoms with Crippen molar-refractivity contribution in [2.75, 3.05) is 34.5 Å². The number of carbonyl (C=O) groups is 1. The molecular weight excluding hydrogens is 326 g/mol. The number of ether oxygens (including phenoxy) is 3. The Morgan fingerprint density at radius 1 is 1.20 bits per heavy atom. The van der Waals surface area contributed by atoms with Crippen molar-refractivity contribution in [3.05, 3.63) is 24.1 Å². The second kappa shape index (κ2) is 9.63. The van der Waals surface area contributed by atoms with Crippen molar-refractivity contribution >= 4 is 5.91 Å². The van der Waals surface area contributed by atoms with E-state index in [9.17, 15) is 4.79 Å². The van der Waals surface area contributed by atoms with Crippen LogP contribution in [-0.2, 0) is 16.0 Å². The maximum atomic E-state index is 11.6. The SMILES string of the molecule is COCCNC(=O)CCCc1nc(-c2ccc(OC)c(OC)c2)no1. The average molecular weight is 349 g/mol. The first-order chi connectivity index (χ1) is 12.2. The minimum atomic E-state index is -0.0170. The average Bonchev–Trinajstić information content (AvgIpc) is 3.10. The number of hydrogen-bond acceptors (Lipinski definition) is 7. The number of aryl methyl sites for hydroxylation is 1. The highest BCUT2D eigenvalue weighted by Gasteiger charge is 2.12. The van der Waals surface area contributed by atoms with Gasteiger partial charge in [0.2, 0.25) is 17.6 Å². The van der Waals surface area contributed by atoms with Crippen LogP contribution < -0.4 is 14.8 Å². The van der Waals surface area contributed by atoms with Crippen molar-refractivity contribution in [3.63, 3.8) is 0 Å². The van der Waals surface area contributed by atoms with E-state index in [4.69, 9.17) is 18.7 Å². The maximum absolute atomic E-state index is 11.6. The van der Waals surface area contributed by atoms with Gasteiger partial charge in [0.25, 0.3) is 0 Å². The van der Waals surface area contributed by atoms with Gasteiger partial charge in [-0.3, -0.25) is 4.79 Å². The maximum Gasteiger partial charge on any atom is 0.226 e. The summed E-state index contributed by atoms with van der Waals surface area (Å²) in [5.41, 5.74) is 0.768. The van der Waals surface area contributed by atoms with Crippen LogP contribution in [0.1, 0.15) is 18.7 Å². The van der Waals surface area contributed by atoms with Gasteiger partial charge in [0.15, 0.2) is 11.5 Å². The summed E-state index contributed by atoms with van der Waals surface area (Å²) in [4.78, 5) is 16.0. The van der Waals surface area contributed by atoms with Gasteiger partial charge in [0, 0.05) is 32.1 Å². The van der Waals surface area contributed by atoms with Gasteiger partial charge in [-0.25, -0.2) is 0 Å². The molecule has 1 heterocycles. The van der Waals surface area contributed by atoms with Gasteiger partial charge in [-0.15, -0.1) is 0 Å². The van der Waals surface area contributed by atoms with E-state index in [-0.39, 0.29) is 5.91 Å². The number of methoxy groups -OCH3 is 3. The molecule has 0 aliphatic heterocycles. The number of carbonyl (C=O) groups excluding carboxylic acids is 1. The Kier molecular flexibility index (Phi) is 7.21. The fourth-order valence-corrected chi connectivity index (χ4v) is 2.23. The second-order valence-corrected chi connectivity index (χ2v) is 5.28. The van der Waals surface area contributed by atoms with E-state index in [1.807, 2.05) is 6.07 Å². The van der Waals surface area contributed by atoms with E-state index in [0.717, 1.165) is 5.56 Å². The number of benzene rings is 1. The molecule has 8 heteroatoms. The number of hydrogen-bond donors (Lipinski definition) is 1. The number of amides is 1. The molecule has 25 heavy (non-hydrogen) atoms. The van der Waals surface area contributed by atoms with Crippen LogP contribution in [0, 0.1) is 0 Å². The van der Waals surface area contributed by atoms with Crippen LogP contribution in [0.5, 0.6) is 11.5 Å². The topological polar surface area (TPSA) is 95.7 Å². The summed E-state index contributed by atoms with van der Waals surface area (Å²) in [5, 5.41) is 6.74. The van der Waals surface area contributed by atoms with Crippen LogP contribution in [0.15, 0.2) is 22.7 Å². The molecule has 0 aliphatic carbocycles. The predicted molar refractivity (Wildman–Crippen MR) is 90.7 cm³/mol. The molecule has 136 valence electrons. The molecule has 1 amide bonds. The van der Waals surface area contributed by atoms with Gasteiger partial charge in [0.1, 0.15) is 0 Å². The summed E-state index contributed by atoms with van der Waals surface area (Å²) in [5.74, 6) is 2.18. The molecular formula is C17H23N3O5. The molecule has 8 nitrogen and oxygen atoms in total. The minimum Gasteiger partial charge on any atom is -0.493 e. The van der Waals surface area contributed by atoms with Crippen molar-refractivity contribution in [2.45, 2.75) is 19.3 Å². The molecule has 0 atom stereocenters. The van der Waals surface area contributed by atoms with Crippen molar-refractivity contribution in [3.8, 4) is 22.9 Å². The third-order valence-corrected chi connectivity index (χ3v) is 3.53. The molecule has 2 aromatic rings. The van der Waals surface area contributed by atoms with Crippen LogP contribution in [0.4, 0.5) is 0 Å². The minimum absolute atomic E-state index is 0.0170. The monoisotopic (exact) mass is 349 g/mol. The standard InChI is InChI=1S/C17H23N3O5/c1-22-10-9-18-15(21)5-4-6-16-19-17(20-25-16)12-7-8-13(23-2)14(11-12)24-3/h7-8,11H,4-6,9-10H2,1-3H3,(H,18,21). The smallest absolute Gasteiger partial charge is 0.226 e. The zero-order valence-electron chi connectivity index (χ0n) is 14.7. The van der Waals surface area contributed by atoms with Gasteiger partial charge in [-0.2, -0.15) is 4.98 Å². The summed E-state index contributed by atoms with van der Waals surface area (Å²) in [6.07, 6.45) is 1.57. The van der Waals surface area contributed by atoms with E-state index in [1.165, 1.54) is 0 Å². The molecule has 0 spiro atoms. The van der Waals surface area contributed by atoms with Crippen LogP contribution in [0.25, 0.3) is 11.4 Å². The summed E-state index contributed by atoms with van der Waals surface area (Å²) in [6.45, 7) is 1.02. The summed E-state index contributed by atoms with van der Waals surface area (Å²) in [7, 11) is 4.74. The largest absolute Gasteiger partial charge is 0.493 e. The van der Waals surface area contributed by atoms with Crippen LogP contribution in [0.3, 0.4) is 0 Å². The highest BCUT2D eigenvalue weighted by atomic mass is 16.5. The third kappa shape index (κ3) is 5.46. The van der Waals surface area contributed by atoms with E-state index in [2.05, 4.69) is 15.5 Å².